The van der Waals surface area contributed by atoms with Gasteiger partial charge in [-0.05, 0) is 25.0 Å². The van der Waals surface area contributed by atoms with Gasteiger partial charge in [0, 0.05) is 36.0 Å². The number of nitrogens with zero attached hydrogens (tertiary/aromatic N) is 1. The van der Waals surface area contributed by atoms with E-state index in [0.29, 0.717) is 35.2 Å². The summed E-state index contributed by atoms with van der Waals surface area (Å²) in [5.41, 5.74) is 0.388. The Hall–Kier alpha value is -2.83. The third-order valence-electron chi connectivity index (χ3n) is 4.42. The standard InChI is InChI=1S/C19H21NO6/c1-24-14-6-7-15-13(9-18(22)26-16(15)10-14)12-25-19(23)11-20-8-4-2-3-5-17(20)21/h6-7,9-10H,2-5,8,11-12H2,1H3. The summed E-state index contributed by atoms with van der Waals surface area (Å²) in [6.45, 7) is 0.451. The second-order valence-corrected chi connectivity index (χ2v) is 6.24. The maximum absolute atomic E-state index is 12.1. The number of benzene rings is 1. The molecule has 0 radical (unpaired) electrons. The van der Waals surface area contributed by atoms with Gasteiger partial charge in [-0.25, -0.2) is 4.79 Å². The van der Waals surface area contributed by atoms with Gasteiger partial charge >= 0.3 is 11.6 Å². The zero-order valence-corrected chi connectivity index (χ0v) is 14.7. The first kappa shape index (κ1) is 18.0. The largest absolute Gasteiger partial charge is 0.497 e. The number of methoxy groups -OCH3 is 1. The molecule has 26 heavy (non-hydrogen) atoms. The first-order valence-electron chi connectivity index (χ1n) is 8.61. The number of amides is 1. The van der Waals surface area contributed by atoms with E-state index in [4.69, 9.17) is 13.9 Å². The van der Waals surface area contributed by atoms with E-state index in [1.165, 1.54) is 18.1 Å². The van der Waals surface area contributed by atoms with Gasteiger partial charge in [0.15, 0.2) is 0 Å². The molecule has 0 bridgehead atoms. The Kier molecular flexibility index (Phi) is 5.55. The monoisotopic (exact) mass is 359 g/mol. The summed E-state index contributed by atoms with van der Waals surface area (Å²) in [7, 11) is 1.52. The van der Waals surface area contributed by atoms with Crippen LogP contribution in [-0.4, -0.2) is 37.0 Å². The van der Waals surface area contributed by atoms with Crippen LogP contribution < -0.4 is 10.4 Å². The van der Waals surface area contributed by atoms with E-state index < -0.39 is 11.6 Å². The summed E-state index contributed by atoms with van der Waals surface area (Å²) in [4.78, 5) is 37.4. The van der Waals surface area contributed by atoms with Gasteiger partial charge < -0.3 is 18.8 Å². The van der Waals surface area contributed by atoms with Gasteiger partial charge in [0.05, 0.1) is 7.11 Å². The molecule has 0 N–H and O–H groups in total. The average Bonchev–Trinajstić information content (AvgIpc) is 2.83. The van der Waals surface area contributed by atoms with Crippen molar-refractivity contribution in [3.8, 4) is 5.75 Å². The number of esters is 1. The van der Waals surface area contributed by atoms with Gasteiger partial charge in [0.1, 0.15) is 24.5 Å². The van der Waals surface area contributed by atoms with Crippen molar-refractivity contribution in [3.05, 3.63) is 40.2 Å². The molecule has 1 amide bonds. The highest BCUT2D eigenvalue weighted by Gasteiger charge is 2.20. The Balaban J connectivity index is 1.70. The minimum atomic E-state index is -0.528. The average molecular weight is 359 g/mol. The lowest BCUT2D eigenvalue weighted by molar-refractivity contribution is -0.150. The molecular formula is C19H21NO6. The van der Waals surface area contributed by atoms with Crippen molar-refractivity contribution < 1.29 is 23.5 Å². The molecule has 2 heterocycles. The van der Waals surface area contributed by atoms with Gasteiger partial charge in [0.25, 0.3) is 0 Å². The van der Waals surface area contributed by atoms with E-state index >= 15 is 0 Å². The summed E-state index contributed by atoms with van der Waals surface area (Å²) in [5, 5.41) is 0.670. The van der Waals surface area contributed by atoms with Crippen LogP contribution in [0.5, 0.6) is 5.75 Å². The predicted octanol–water partition coefficient (Wildman–Crippen LogP) is 2.25. The van der Waals surface area contributed by atoms with E-state index in [9.17, 15) is 14.4 Å². The fourth-order valence-electron chi connectivity index (χ4n) is 3.02. The fraction of sp³-hybridized carbons (Fsp3) is 0.421. The van der Waals surface area contributed by atoms with Gasteiger partial charge in [-0.3, -0.25) is 9.59 Å². The van der Waals surface area contributed by atoms with Crippen LogP contribution >= 0.6 is 0 Å². The van der Waals surface area contributed by atoms with Crippen LogP contribution in [0.15, 0.2) is 33.5 Å². The molecule has 0 saturated carbocycles. The highest BCUT2D eigenvalue weighted by Crippen LogP contribution is 2.23. The lowest BCUT2D eigenvalue weighted by Gasteiger charge is -2.19. The number of hydrogen-bond acceptors (Lipinski definition) is 6. The zero-order chi connectivity index (χ0) is 18.5. The van der Waals surface area contributed by atoms with Crippen LogP contribution in [0.3, 0.4) is 0 Å². The lowest BCUT2D eigenvalue weighted by atomic mass is 10.1. The molecule has 0 unspecified atom stereocenters. The maximum atomic E-state index is 12.1. The number of carbonyl (C=O) groups excluding carboxylic acids is 2. The van der Waals surface area contributed by atoms with Crippen LogP contribution in [0.4, 0.5) is 0 Å². The van der Waals surface area contributed by atoms with E-state index in [1.54, 1.807) is 18.2 Å². The minimum absolute atomic E-state index is 0.0163. The fourth-order valence-corrected chi connectivity index (χ4v) is 3.02. The number of carbonyl (C=O) groups is 2. The van der Waals surface area contributed by atoms with Crippen LogP contribution in [0.25, 0.3) is 11.0 Å². The van der Waals surface area contributed by atoms with E-state index in [2.05, 4.69) is 0 Å². The smallest absolute Gasteiger partial charge is 0.336 e. The van der Waals surface area contributed by atoms with Gasteiger partial charge in [-0.15, -0.1) is 0 Å². The van der Waals surface area contributed by atoms with E-state index in [1.807, 2.05) is 0 Å². The number of ether oxygens (including phenoxy) is 2. The second kappa shape index (κ2) is 8.03. The number of fused-ring (bicyclic) bond motifs is 1. The molecule has 1 aliphatic rings. The van der Waals surface area contributed by atoms with Crippen molar-refractivity contribution in [3.63, 3.8) is 0 Å². The summed E-state index contributed by atoms with van der Waals surface area (Å²) in [6, 6.07) is 6.40. The van der Waals surface area contributed by atoms with Crippen LogP contribution in [0.2, 0.25) is 0 Å². The third-order valence-corrected chi connectivity index (χ3v) is 4.42. The van der Waals surface area contributed by atoms with Gasteiger partial charge in [-0.1, -0.05) is 6.42 Å². The molecular weight excluding hydrogens is 338 g/mol. The summed E-state index contributed by atoms with van der Waals surface area (Å²) >= 11 is 0. The Labute approximate surface area is 150 Å². The molecule has 1 fully saturated rings. The molecule has 1 aromatic carbocycles. The molecule has 3 rings (SSSR count). The van der Waals surface area contributed by atoms with Crippen molar-refractivity contribution in [1.29, 1.82) is 0 Å². The van der Waals surface area contributed by atoms with E-state index in [-0.39, 0.29) is 19.1 Å². The molecule has 1 aromatic heterocycles. The van der Waals surface area contributed by atoms with Crippen LogP contribution in [0, 0.1) is 0 Å². The van der Waals surface area contributed by atoms with Crippen molar-refractivity contribution in [2.45, 2.75) is 32.3 Å². The Bertz CT molecular complexity index is 872. The van der Waals surface area contributed by atoms with Crippen molar-refractivity contribution >= 4 is 22.8 Å². The zero-order valence-electron chi connectivity index (χ0n) is 14.7. The first-order valence-corrected chi connectivity index (χ1v) is 8.61. The van der Waals surface area contributed by atoms with E-state index in [0.717, 1.165) is 19.3 Å². The highest BCUT2D eigenvalue weighted by atomic mass is 16.5. The molecule has 7 nitrogen and oxygen atoms in total. The van der Waals surface area contributed by atoms with Gasteiger partial charge in [-0.2, -0.15) is 0 Å². The summed E-state index contributed by atoms with van der Waals surface area (Å²) < 4.78 is 15.6. The number of likely N-dealkylation sites (tertiary alicyclic amines) is 1. The topological polar surface area (TPSA) is 86.0 Å². The van der Waals surface area contributed by atoms with Gasteiger partial charge in [0.2, 0.25) is 5.91 Å². The summed E-state index contributed by atoms with van der Waals surface area (Å²) in [5.74, 6) is 0.0574. The van der Waals surface area contributed by atoms with Crippen LogP contribution in [0.1, 0.15) is 31.2 Å². The number of rotatable bonds is 5. The predicted molar refractivity (Wildman–Crippen MR) is 93.9 cm³/mol. The highest BCUT2D eigenvalue weighted by molar-refractivity contribution is 5.83. The molecule has 2 aromatic rings. The molecule has 1 saturated heterocycles. The molecule has 138 valence electrons. The Morgan fingerprint density at radius 2 is 2.04 bits per heavy atom. The minimum Gasteiger partial charge on any atom is -0.497 e. The van der Waals surface area contributed by atoms with Crippen LogP contribution in [-0.2, 0) is 20.9 Å². The molecule has 0 aliphatic carbocycles. The molecule has 7 heteroatoms. The summed E-state index contributed by atoms with van der Waals surface area (Å²) in [6.07, 6.45) is 3.22. The van der Waals surface area contributed by atoms with Crippen molar-refractivity contribution in [1.82, 2.24) is 4.90 Å². The Morgan fingerprint density at radius 3 is 2.85 bits per heavy atom. The van der Waals surface area contributed by atoms with Crippen molar-refractivity contribution in [2.24, 2.45) is 0 Å². The maximum Gasteiger partial charge on any atom is 0.336 e. The quantitative estimate of drug-likeness (QED) is 0.601. The SMILES string of the molecule is COc1ccc2c(COC(=O)CN3CCCCCC3=O)cc(=O)oc2c1. The molecule has 0 spiro atoms. The second-order valence-electron chi connectivity index (χ2n) is 6.24. The molecule has 1 aliphatic heterocycles. The lowest BCUT2D eigenvalue weighted by Crippen LogP contribution is -2.35. The molecule has 0 atom stereocenters. The number of hydrogen-bond donors (Lipinski definition) is 0. The normalized spacial score (nSPS) is 15.0. The first-order chi connectivity index (χ1) is 12.6. The Morgan fingerprint density at radius 1 is 1.19 bits per heavy atom. The van der Waals surface area contributed by atoms with Crippen molar-refractivity contribution in [2.75, 3.05) is 20.2 Å². The third kappa shape index (κ3) is 4.22.